The molecule has 0 aromatic heterocycles. The summed E-state index contributed by atoms with van der Waals surface area (Å²) >= 11 is 4.76. The zero-order valence-corrected chi connectivity index (χ0v) is 20.7. The minimum atomic E-state index is -0.416. The number of thiol groups is 1. The molecule has 174 valence electrons. The quantitative estimate of drug-likeness (QED) is 0.246. The topological polar surface area (TPSA) is 9.23 Å². The Morgan fingerprint density at radius 3 is 1.72 bits per heavy atom. The van der Waals surface area contributed by atoms with Gasteiger partial charge in [0.2, 0.25) is 0 Å². The van der Waals surface area contributed by atoms with Crippen LogP contribution in [0, 0.1) is 0 Å². The Hall–Kier alpha value is -4.01. The predicted molar refractivity (Wildman–Crippen MR) is 153 cm³/mol. The lowest BCUT2D eigenvalue weighted by Gasteiger charge is -2.35. The first kappa shape index (κ1) is 22.5. The maximum Gasteiger partial charge on any atom is 0.131 e. The van der Waals surface area contributed by atoms with E-state index in [1.54, 1.807) is 0 Å². The summed E-state index contributed by atoms with van der Waals surface area (Å²) in [5.41, 5.74) is 4.19. The summed E-state index contributed by atoms with van der Waals surface area (Å²) in [6, 6.07) is 44.4. The van der Waals surface area contributed by atoms with Crippen LogP contribution in [0.1, 0.15) is 22.3 Å². The first-order valence-electron chi connectivity index (χ1n) is 12.2. The van der Waals surface area contributed by atoms with Crippen LogP contribution in [-0.2, 0) is 16.6 Å². The third-order valence-corrected chi connectivity index (χ3v) is 7.10. The number of hydrogen-bond acceptors (Lipinski definition) is 2. The molecular weight excluding hydrogens is 456 g/mol. The van der Waals surface area contributed by atoms with Crippen molar-refractivity contribution in [1.29, 1.82) is 0 Å². The summed E-state index contributed by atoms with van der Waals surface area (Å²) in [5.74, 6) is 1.74. The normalized spacial score (nSPS) is 14.6. The van der Waals surface area contributed by atoms with E-state index < -0.39 is 5.41 Å². The van der Waals surface area contributed by atoms with Crippen molar-refractivity contribution in [1.82, 2.24) is 0 Å². The van der Waals surface area contributed by atoms with Gasteiger partial charge in [-0.2, -0.15) is 0 Å². The van der Waals surface area contributed by atoms with Gasteiger partial charge in [0.15, 0.2) is 0 Å². The second-order valence-corrected chi connectivity index (χ2v) is 9.78. The fraction of sp³-hybridized carbons (Fsp3) is 0.0588. The predicted octanol–water partition coefficient (Wildman–Crippen LogP) is 8.72. The Morgan fingerprint density at radius 2 is 1.11 bits per heavy atom. The van der Waals surface area contributed by atoms with Gasteiger partial charge in [-0.1, -0.05) is 115 Å². The molecule has 0 radical (unpaired) electrons. The number of ether oxygens (including phenoxy) is 1. The van der Waals surface area contributed by atoms with Gasteiger partial charge in [0.25, 0.3) is 0 Å². The number of fused-ring (bicyclic) bond motifs is 1. The molecule has 0 saturated heterocycles. The molecule has 1 aliphatic heterocycles. The van der Waals surface area contributed by atoms with Crippen molar-refractivity contribution in [3.63, 3.8) is 0 Å². The number of hydrogen-bond donors (Lipinski definition) is 1. The first-order chi connectivity index (χ1) is 17.7. The van der Waals surface area contributed by atoms with Crippen molar-refractivity contribution in [2.24, 2.45) is 0 Å². The Kier molecular flexibility index (Phi) is 5.96. The van der Waals surface area contributed by atoms with Crippen LogP contribution in [0.25, 0.3) is 22.3 Å². The largest absolute Gasteiger partial charge is 0.457 e. The van der Waals surface area contributed by atoms with Crippen molar-refractivity contribution in [2.75, 3.05) is 0 Å². The van der Waals surface area contributed by atoms with Crippen molar-refractivity contribution in [3.05, 3.63) is 162 Å². The monoisotopic (exact) mass is 482 g/mol. The lowest BCUT2D eigenvalue weighted by molar-refractivity contribution is 0.440. The van der Waals surface area contributed by atoms with Gasteiger partial charge in [0.05, 0.1) is 0 Å². The molecule has 0 spiro atoms. The van der Waals surface area contributed by atoms with Crippen molar-refractivity contribution in [3.8, 4) is 0 Å². The molecule has 0 saturated carbocycles. The van der Waals surface area contributed by atoms with Crippen molar-refractivity contribution >= 4 is 34.9 Å². The highest BCUT2D eigenvalue weighted by Gasteiger charge is 2.35. The lowest BCUT2D eigenvalue weighted by atomic mass is 9.72. The van der Waals surface area contributed by atoms with E-state index in [4.69, 9.17) is 17.4 Å². The van der Waals surface area contributed by atoms with Crippen LogP contribution in [0.3, 0.4) is 0 Å². The molecule has 5 aromatic carbocycles. The minimum absolute atomic E-state index is 0.416. The second-order valence-electron chi connectivity index (χ2n) is 9.26. The van der Waals surface area contributed by atoms with Crippen LogP contribution >= 0.6 is 12.6 Å². The van der Waals surface area contributed by atoms with Crippen LogP contribution in [0.4, 0.5) is 0 Å². The Labute approximate surface area is 217 Å². The summed E-state index contributed by atoms with van der Waals surface area (Å²) in [6.45, 7) is 0. The summed E-state index contributed by atoms with van der Waals surface area (Å²) in [4.78, 5) is 0.971. The highest BCUT2D eigenvalue weighted by Crippen LogP contribution is 2.44. The molecule has 2 heteroatoms. The molecule has 0 unspecified atom stereocenters. The van der Waals surface area contributed by atoms with Gasteiger partial charge >= 0.3 is 0 Å². The van der Waals surface area contributed by atoms with E-state index in [1.165, 1.54) is 21.9 Å². The lowest BCUT2D eigenvalue weighted by Crippen LogP contribution is -2.28. The molecule has 0 atom stereocenters. The van der Waals surface area contributed by atoms with Crippen LogP contribution in [0.2, 0.25) is 0 Å². The van der Waals surface area contributed by atoms with E-state index in [0.29, 0.717) is 0 Å². The zero-order chi connectivity index (χ0) is 24.4. The number of allylic oxidation sites excluding steroid dienone is 2. The van der Waals surface area contributed by atoms with E-state index >= 15 is 0 Å². The summed E-state index contributed by atoms with van der Waals surface area (Å²) in [6.07, 6.45) is 5.37. The molecule has 0 N–H and O–H groups in total. The Morgan fingerprint density at radius 1 is 0.583 bits per heavy atom. The maximum absolute atomic E-state index is 6.59. The summed E-state index contributed by atoms with van der Waals surface area (Å²) in [5, 5.41) is 2.45. The van der Waals surface area contributed by atoms with E-state index in [-0.39, 0.29) is 0 Å². The molecule has 0 amide bonds. The van der Waals surface area contributed by atoms with Crippen molar-refractivity contribution < 1.29 is 4.74 Å². The minimum Gasteiger partial charge on any atom is -0.457 e. The van der Waals surface area contributed by atoms with Gasteiger partial charge in [-0.05, 0) is 52.6 Å². The molecule has 5 aromatic rings. The van der Waals surface area contributed by atoms with Crippen LogP contribution in [0.5, 0.6) is 0 Å². The number of rotatable bonds is 5. The summed E-state index contributed by atoms with van der Waals surface area (Å²) < 4.78 is 6.59. The molecule has 1 aliphatic rings. The Bertz CT molecular complexity index is 1510. The Balaban J connectivity index is 1.61. The van der Waals surface area contributed by atoms with Gasteiger partial charge in [-0.3, -0.25) is 0 Å². The van der Waals surface area contributed by atoms with E-state index in [2.05, 4.69) is 127 Å². The van der Waals surface area contributed by atoms with E-state index in [9.17, 15) is 0 Å². The second kappa shape index (κ2) is 9.56. The fourth-order valence-corrected chi connectivity index (χ4v) is 5.42. The van der Waals surface area contributed by atoms with Crippen molar-refractivity contribution in [2.45, 2.75) is 16.7 Å². The SMILES string of the molecule is Sc1cc(CC2(c3ccccc3)C=C(c3ccccc3)OC(c3ccccc3)=C2)c2ccccc2c1. The average molecular weight is 483 g/mol. The zero-order valence-electron chi connectivity index (χ0n) is 19.8. The van der Waals surface area contributed by atoms with Crippen LogP contribution in [0.15, 0.2) is 144 Å². The van der Waals surface area contributed by atoms with E-state index in [1.807, 2.05) is 12.1 Å². The van der Waals surface area contributed by atoms with Gasteiger partial charge in [-0.25, -0.2) is 0 Å². The molecule has 0 fully saturated rings. The molecule has 36 heavy (non-hydrogen) atoms. The fourth-order valence-electron chi connectivity index (χ4n) is 5.13. The molecule has 0 aliphatic carbocycles. The third kappa shape index (κ3) is 4.36. The van der Waals surface area contributed by atoms with Gasteiger partial charge in [0, 0.05) is 21.4 Å². The van der Waals surface area contributed by atoms with Crippen LogP contribution < -0.4 is 0 Å². The highest BCUT2D eigenvalue weighted by molar-refractivity contribution is 7.80. The van der Waals surface area contributed by atoms with Crippen LogP contribution in [-0.4, -0.2) is 0 Å². The average Bonchev–Trinajstić information content (AvgIpc) is 2.94. The molecule has 6 rings (SSSR count). The molecule has 0 bridgehead atoms. The highest BCUT2D eigenvalue weighted by atomic mass is 32.1. The smallest absolute Gasteiger partial charge is 0.131 e. The maximum atomic E-state index is 6.59. The van der Waals surface area contributed by atoms with E-state index in [0.717, 1.165) is 34.0 Å². The third-order valence-electron chi connectivity index (χ3n) is 6.84. The standard InChI is InChI=1S/C34H26OS/c36-30-20-27-16-10-11-19-31(27)28(21-30)22-34(29-17-8-3-9-18-29)23-32(25-12-4-1-5-13-25)35-33(24-34)26-14-6-2-7-15-26/h1-21,23-24,36H,22H2. The van der Waals surface area contributed by atoms with Gasteiger partial charge in [0.1, 0.15) is 11.5 Å². The number of benzene rings is 5. The summed E-state index contributed by atoms with van der Waals surface area (Å²) in [7, 11) is 0. The molecule has 1 heterocycles. The molecular formula is C34H26OS. The molecule has 1 nitrogen and oxygen atoms in total. The first-order valence-corrected chi connectivity index (χ1v) is 12.7. The van der Waals surface area contributed by atoms with Gasteiger partial charge in [-0.15, -0.1) is 12.6 Å². The van der Waals surface area contributed by atoms with Gasteiger partial charge < -0.3 is 4.74 Å².